The highest BCUT2D eigenvalue weighted by Crippen LogP contribution is 2.34. The minimum atomic E-state index is -5.08. The molecule has 0 spiro atoms. The number of likely N-dealkylation sites (N-methyl/N-ethyl adjacent to an activating group) is 1. The number of amides is 2. The van der Waals surface area contributed by atoms with E-state index in [1.807, 2.05) is 90.5 Å². The van der Waals surface area contributed by atoms with Crippen molar-refractivity contribution in [3.8, 4) is 11.5 Å². The molecule has 0 aliphatic carbocycles. The molecule has 52 heavy (non-hydrogen) atoms. The molecule has 280 valence electrons. The Balaban J connectivity index is 0.000000785. The zero-order valence-corrected chi connectivity index (χ0v) is 29.8. The molecule has 2 aliphatic heterocycles. The molecule has 0 saturated carbocycles. The SMILES string of the molecule is COc1ccccc1COCCCOc1ccc(C2=C(CN(C)C(=O)[C@@H](C)c3ccccc3)C3CN(C(C)=O)CC(C2)N3)cc1.O=C(O)C(F)(F)F. The number of hydrogen-bond acceptors (Lipinski definition) is 7. The number of aliphatic carboxylic acids is 1. The summed E-state index contributed by atoms with van der Waals surface area (Å²) in [6.45, 7) is 7.02. The van der Waals surface area contributed by atoms with E-state index in [0.29, 0.717) is 39.5 Å². The Bertz CT molecular complexity index is 1680. The highest BCUT2D eigenvalue weighted by atomic mass is 19.4. The first-order chi connectivity index (χ1) is 24.8. The van der Waals surface area contributed by atoms with Crippen LogP contribution in [0.25, 0.3) is 5.57 Å². The number of piperazine rings is 1. The Kier molecular flexibility index (Phi) is 14.2. The summed E-state index contributed by atoms with van der Waals surface area (Å²) in [5, 5.41) is 10.9. The fourth-order valence-corrected chi connectivity index (χ4v) is 6.29. The smallest absolute Gasteiger partial charge is 0.490 e. The Morgan fingerprint density at radius 3 is 2.27 bits per heavy atom. The first-order valence-electron chi connectivity index (χ1n) is 17.0. The van der Waals surface area contributed by atoms with Crippen molar-refractivity contribution >= 4 is 23.4 Å². The van der Waals surface area contributed by atoms with Crippen molar-refractivity contribution in [3.63, 3.8) is 0 Å². The number of methoxy groups -OCH3 is 1. The van der Waals surface area contributed by atoms with Crippen LogP contribution in [0.15, 0.2) is 84.4 Å². The van der Waals surface area contributed by atoms with Crippen molar-refractivity contribution in [2.75, 3.05) is 47.0 Å². The zero-order chi connectivity index (χ0) is 37.8. The van der Waals surface area contributed by atoms with Gasteiger partial charge < -0.3 is 34.4 Å². The van der Waals surface area contributed by atoms with Gasteiger partial charge in [-0.1, -0.05) is 60.7 Å². The molecule has 2 amide bonds. The molecular weight excluding hydrogens is 679 g/mol. The summed E-state index contributed by atoms with van der Waals surface area (Å²) in [5.74, 6) is -1.19. The van der Waals surface area contributed by atoms with Gasteiger partial charge in [0.05, 0.1) is 32.8 Å². The molecule has 3 aromatic carbocycles. The maximum Gasteiger partial charge on any atom is 0.490 e. The van der Waals surface area contributed by atoms with Gasteiger partial charge in [0.1, 0.15) is 11.5 Å². The highest BCUT2D eigenvalue weighted by molar-refractivity contribution is 5.84. The summed E-state index contributed by atoms with van der Waals surface area (Å²) in [6.07, 6.45) is -3.52. The normalized spacial score (nSPS) is 17.4. The number of benzene rings is 3. The predicted molar refractivity (Wildman–Crippen MR) is 190 cm³/mol. The number of para-hydroxylation sites is 1. The Hall–Kier alpha value is -4.88. The number of alkyl halides is 3. The number of hydrogen-bond donors (Lipinski definition) is 2. The molecular formula is C39H46F3N3O7. The summed E-state index contributed by atoms with van der Waals surface area (Å²) in [6, 6.07) is 26.2. The lowest BCUT2D eigenvalue weighted by Crippen LogP contribution is -2.61. The monoisotopic (exact) mass is 725 g/mol. The van der Waals surface area contributed by atoms with Crippen molar-refractivity contribution < 1.29 is 46.9 Å². The number of fused-ring (bicyclic) bond motifs is 2. The van der Waals surface area contributed by atoms with Gasteiger partial charge in [-0.2, -0.15) is 13.2 Å². The Labute approximate surface area is 302 Å². The number of carboxylic acid groups (broad SMARTS) is 1. The molecule has 1 fully saturated rings. The van der Waals surface area contributed by atoms with Crippen molar-refractivity contribution in [2.45, 2.75) is 57.5 Å². The second-order valence-corrected chi connectivity index (χ2v) is 12.8. The number of nitrogens with one attached hydrogen (secondary N) is 1. The minimum absolute atomic E-state index is 0.00883. The number of rotatable bonds is 13. The van der Waals surface area contributed by atoms with Crippen molar-refractivity contribution in [2.24, 2.45) is 0 Å². The molecule has 2 heterocycles. The van der Waals surface area contributed by atoms with Gasteiger partial charge in [-0.25, -0.2) is 4.79 Å². The van der Waals surface area contributed by atoms with Gasteiger partial charge in [0.2, 0.25) is 11.8 Å². The van der Waals surface area contributed by atoms with E-state index >= 15 is 0 Å². The fraction of sp³-hybridized carbons (Fsp3) is 0.410. The van der Waals surface area contributed by atoms with Crippen LogP contribution in [0.2, 0.25) is 0 Å². The third-order valence-corrected chi connectivity index (χ3v) is 9.04. The van der Waals surface area contributed by atoms with Crippen LogP contribution in [0, 0.1) is 0 Å². The molecule has 1 saturated heterocycles. The van der Waals surface area contributed by atoms with Crippen LogP contribution in [0.1, 0.15) is 49.3 Å². The number of nitrogens with zero attached hydrogens (tertiary/aromatic N) is 2. The largest absolute Gasteiger partial charge is 0.496 e. The van der Waals surface area contributed by atoms with E-state index in [0.717, 1.165) is 46.6 Å². The Morgan fingerprint density at radius 2 is 1.63 bits per heavy atom. The molecule has 2 aliphatic rings. The number of halogens is 3. The van der Waals surface area contributed by atoms with Crippen molar-refractivity contribution in [3.05, 3.63) is 101 Å². The molecule has 5 rings (SSSR count). The quantitative estimate of drug-likeness (QED) is 0.209. The van der Waals surface area contributed by atoms with Gasteiger partial charge >= 0.3 is 12.1 Å². The van der Waals surface area contributed by atoms with Crippen LogP contribution in [0.5, 0.6) is 11.5 Å². The van der Waals surface area contributed by atoms with Gasteiger partial charge in [0, 0.05) is 57.7 Å². The predicted octanol–water partition coefficient (Wildman–Crippen LogP) is 5.92. The van der Waals surface area contributed by atoms with Gasteiger partial charge in [-0.15, -0.1) is 0 Å². The molecule has 0 radical (unpaired) electrons. The van der Waals surface area contributed by atoms with E-state index in [1.54, 1.807) is 14.0 Å². The van der Waals surface area contributed by atoms with Crippen LogP contribution in [-0.4, -0.2) is 98.0 Å². The maximum absolute atomic E-state index is 13.5. The second-order valence-electron chi connectivity index (χ2n) is 12.8. The standard InChI is InChI=1S/C37H45N3O5.C2HF3O2/c1-26(28-11-6-5-7-12-28)37(42)39(3)23-34-33(21-31-22-40(27(2)41)24-35(34)38-31)29-15-17-32(18-16-29)45-20-10-19-44-25-30-13-8-9-14-36(30)43-4;3-2(4,5)1(6)7/h5-9,11-18,26,31,35,38H,10,19-25H2,1-4H3;(H,6,7)/t26-,31?,35?;/m0./s1. The third kappa shape index (κ3) is 11.1. The molecule has 10 nitrogen and oxygen atoms in total. The first kappa shape index (κ1) is 39.9. The van der Waals surface area contributed by atoms with Gasteiger partial charge in [0.25, 0.3) is 0 Å². The summed E-state index contributed by atoms with van der Waals surface area (Å²) >= 11 is 0. The zero-order valence-electron chi connectivity index (χ0n) is 29.8. The topological polar surface area (TPSA) is 118 Å². The average molecular weight is 726 g/mol. The van der Waals surface area contributed by atoms with Crippen LogP contribution in [0.3, 0.4) is 0 Å². The molecule has 3 aromatic rings. The van der Waals surface area contributed by atoms with E-state index in [1.165, 1.54) is 5.57 Å². The van der Waals surface area contributed by atoms with Crippen LogP contribution < -0.4 is 14.8 Å². The van der Waals surface area contributed by atoms with E-state index in [9.17, 15) is 22.8 Å². The van der Waals surface area contributed by atoms with Crippen LogP contribution >= 0.6 is 0 Å². The number of carbonyl (C=O) groups excluding carboxylic acids is 2. The molecule has 2 unspecified atom stereocenters. The molecule has 3 atom stereocenters. The van der Waals surface area contributed by atoms with Crippen molar-refractivity contribution in [1.82, 2.24) is 15.1 Å². The van der Waals surface area contributed by atoms with Crippen LogP contribution in [-0.2, 0) is 25.7 Å². The molecule has 2 bridgehead atoms. The lowest BCUT2D eigenvalue weighted by atomic mass is 9.83. The van der Waals surface area contributed by atoms with Crippen molar-refractivity contribution in [1.29, 1.82) is 0 Å². The van der Waals surface area contributed by atoms with E-state index < -0.39 is 12.1 Å². The summed E-state index contributed by atoms with van der Waals surface area (Å²) in [4.78, 5) is 38.5. The third-order valence-electron chi connectivity index (χ3n) is 9.04. The molecule has 0 aromatic heterocycles. The highest BCUT2D eigenvalue weighted by Gasteiger charge is 2.39. The summed E-state index contributed by atoms with van der Waals surface area (Å²) in [7, 11) is 3.54. The lowest BCUT2D eigenvalue weighted by molar-refractivity contribution is -0.192. The lowest BCUT2D eigenvalue weighted by Gasteiger charge is -2.45. The number of ether oxygens (including phenoxy) is 3. The van der Waals surface area contributed by atoms with Gasteiger partial charge in [0.15, 0.2) is 0 Å². The number of carboxylic acids is 1. The van der Waals surface area contributed by atoms with Crippen LogP contribution in [0.4, 0.5) is 13.2 Å². The molecule has 2 N–H and O–H groups in total. The fourth-order valence-electron chi connectivity index (χ4n) is 6.29. The van der Waals surface area contributed by atoms with Gasteiger partial charge in [-0.05, 0) is 53.8 Å². The number of carbonyl (C=O) groups is 3. The maximum atomic E-state index is 13.5. The molecule has 13 heteroatoms. The minimum Gasteiger partial charge on any atom is -0.496 e. The van der Waals surface area contributed by atoms with E-state index in [-0.39, 0.29) is 29.8 Å². The van der Waals surface area contributed by atoms with Gasteiger partial charge in [-0.3, -0.25) is 9.59 Å². The van der Waals surface area contributed by atoms with E-state index in [2.05, 4.69) is 17.4 Å². The average Bonchev–Trinajstić information content (AvgIpc) is 3.13. The second kappa shape index (κ2) is 18.6. The Morgan fingerprint density at radius 1 is 0.981 bits per heavy atom. The van der Waals surface area contributed by atoms with E-state index in [4.69, 9.17) is 24.1 Å². The summed E-state index contributed by atoms with van der Waals surface area (Å²) < 4.78 is 49.0. The first-order valence-corrected chi connectivity index (χ1v) is 17.0. The summed E-state index contributed by atoms with van der Waals surface area (Å²) in [5.41, 5.74) is 5.57.